The van der Waals surface area contributed by atoms with E-state index >= 15 is 0 Å². The fraction of sp³-hybridized carbons (Fsp3) is 0. The quantitative estimate of drug-likeness (QED) is 0.146. The molecule has 1 aliphatic rings. The van der Waals surface area contributed by atoms with Crippen molar-refractivity contribution in [2.24, 2.45) is 0 Å². The topological polar surface area (TPSA) is 56.3 Å². The van der Waals surface area contributed by atoms with Crippen LogP contribution in [0.15, 0.2) is 127 Å². The van der Waals surface area contributed by atoms with Gasteiger partial charge in [0.15, 0.2) is 5.69 Å². The normalized spacial score (nSPS) is 12.1. The number of rotatable bonds is 4. The molecule has 0 bridgehead atoms. The van der Waals surface area contributed by atoms with Gasteiger partial charge in [-0.25, -0.2) is 23.7 Å². The predicted molar refractivity (Wildman–Crippen MR) is 183 cm³/mol. The van der Waals surface area contributed by atoms with Crippen LogP contribution in [0.5, 0.6) is 0 Å². The molecular weight excluding hydrogens is 598 g/mol. The first-order chi connectivity index (χ1) is 23.4. The van der Waals surface area contributed by atoms with Gasteiger partial charge in [0.2, 0.25) is 0 Å². The van der Waals surface area contributed by atoms with Crippen molar-refractivity contribution in [1.82, 2.24) is 0 Å². The van der Waals surface area contributed by atoms with Gasteiger partial charge in [0.05, 0.1) is 30.8 Å². The van der Waals surface area contributed by atoms with Crippen LogP contribution in [0.3, 0.4) is 0 Å². The van der Waals surface area contributed by atoms with Crippen LogP contribution in [-0.2, 0) is 0 Å². The Hall–Kier alpha value is -7.12. The number of hydrogen-bond donors (Lipinski definition) is 0. The first kappa shape index (κ1) is 29.6. The lowest BCUT2D eigenvalue weighted by atomic mass is 9.91. The van der Waals surface area contributed by atoms with Crippen molar-refractivity contribution in [3.8, 4) is 67.8 Å². The number of halogens is 2. The van der Waals surface area contributed by atoms with Crippen molar-refractivity contribution in [1.29, 1.82) is 10.5 Å². The van der Waals surface area contributed by atoms with Crippen LogP contribution in [0, 0.1) is 47.4 Å². The van der Waals surface area contributed by atoms with Gasteiger partial charge in [-0.3, -0.25) is 0 Å². The summed E-state index contributed by atoms with van der Waals surface area (Å²) < 4.78 is 26.9. The van der Waals surface area contributed by atoms with E-state index in [2.05, 4.69) is 15.8 Å². The first-order valence-electron chi connectivity index (χ1n) is 14.8. The molecule has 1 aliphatic carbocycles. The van der Waals surface area contributed by atoms with Gasteiger partial charge in [0, 0.05) is 11.1 Å². The van der Waals surface area contributed by atoms with Crippen LogP contribution in [0.1, 0.15) is 16.7 Å². The molecule has 6 aromatic rings. The molecule has 222 valence electrons. The Bertz CT molecular complexity index is 2290. The highest BCUT2D eigenvalue weighted by molar-refractivity contribution is 6.07. The summed E-state index contributed by atoms with van der Waals surface area (Å²) in [5.41, 5.74) is 10.1. The van der Waals surface area contributed by atoms with E-state index in [-0.39, 0.29) is 17.3 Å². The molecule has 0 unspecified atom stereocenters. The number of nitriles is 2. The van der Waals surface area contributed by atoms with E-state index in [1.807, 2.05) is 66.7 Å². The summed E-state index contributed by atoms with van der Waals surface area (Å²) in [6, 6.07) is 39.3. The van der Waals surface area contributed by atoms with Crippen LogP contribution in [-0.4, -0.2) is 0 Å². The second kappa shape index (κ2) is 12.0. The highest BCUT2D eigenvalue weighted by Gasteiger charge is 2.30. The van der Waals surface area contributed by atoms with Crippen LogP contribution >= 0.6 is 0 Å². The molecule has 0 aliphatic heterocycles. The summed E-state index contributed by atoms with van der Waals surface area (Å²) in [6.45, 7) is 15.7. The molecule has 0 radical (unpaired) electrons. The molecule has 48 heavy (non-hydrogen) atoms. The van der Waals surface area contributed by atoms with E-state index in [1.54, 1.807) is 36.4 Å². The van der Waals surface area contributed by atoms with Crippen molar-refractivity contribution in [3.63, 3.8) is 0 Å². The largest absolute Gasteiger partial charge is 0.270 e. The van der Waals surface area contributed by atoms with Gasteiger partial charge < -0.3 is 0 Å². The Morgan fingerprint density at radius 2 is 0.917 bits per heavy atom. The van der Waals surface area contributed by atoms with Gasteiger partial charge >= 0.3 is 0 Å². The molecule has 6 aromatic carbocycles. The number of fused-ring (bicyclic) bond motifs is 3. The molecule has 0 spiro atoms. The summed E-state index contributed by atoms with van der Waals surface area (Å²) in [5, 5.41) is 20.2. The summed E-state index contributed by atoms with van der Waals surface area (Å²) in [5.74, 6) is -0.624. The molecule has 0 fully saturated rings. The molecule has 0 saturated carbocycles. The maximum atomic E-state index is 13.5. The summed E-state index contributed by atoms with van der Waals surface area (Å²) in [4.78, 5) is 7.32. The third kappa shape index (κ3) is 5.07. The van der Waals surface area contributed by atoms with Gasteiger partial charge in [-0.15, -0.1) is 0 Å². The lowest BCUT2D eigenvalue weighted by Crippen LogP contribution is -1.91. The van der Waals surface area contributed by atoms with Gasteiger partial charge in [-0.2, -0.15) is 5.26 Å². The van der Waals surface area contributed by atoms with E-state index in [9.17, 15) is 19.3 Å². The molecule has 0 aromatic heterocycles. The van der Waals surface area contributed by atoms with Crippen molar-refractivity contribution < 1.29 is 8.78 Å². The Morgan fingerprint density at radius 1 is 0.500 bits per heavy atom. The molecule has 0 atom stereocenters. The first-order valence-corrected chi connectivity index (χ1v) is 14.8. The smallest absolute Gasteiger partial charge is 0.237 e. The van der Waals surface area contributed by atoms with Crippen molar-refractivity contribution >= 4 is 11.3 Å². The molecule has 7 rings (SSSR count). The number of nitrogens with zero attached hydrogens (tertiary/aromatic N) is 4. The molecule has 0 heterocycles. The third-order valence-electron chi connectivity index (χ3n) is 8.56. The highest BCUT2D eigenvalue weighted by atomic mass is 19.1. The maximum Gasteiger partial charge on any atom is 0.270 e. The van der Waals surface area contributed by atoms with E-state index in [0.29, 0.717) is 39.1 Å². The zero-order chi connectivity index (χ0) is 33.4. The summed E-state index contributed by atoms with van der Waals surface area (Å²) in [6.07, 6.45) is 0. The van der Waals surface area contributed by atoms with Gasteiger partial charge in [0.1, 0.15) is 11.6 Å². The van der Waals surface area contributed by atoms with Crippen molar-refractivity contribution in [2.75, 3.05) is 0 Å². The fourth-order valence-electron chi connectivity index (χ4n) is 6.21. The fourth-order valence-corrected chi connectivity index (χ4v) is 6.21. The summed E-state index contributed by atoms with van der Waals surface area (Å²) >= 11 is 0. The lowest BCUT2D eigenvalue weighted by Gasteiger charge is -2.12. The Balaban J connectivity index is 1.38. The average molecular weight is 619 g/mol. The standard InChI is InChI=1S/C42H20F2N4/c1-47-40-22-39-37(21-35(40)30-9-5-26(6-10-30)28-13-17-33(44)18-14-28)36-20-34(31(23-45)19-38(36)42(39)41(24-46)48-2)29-7-3-25(4-8-29)27-11-15-32(43)16-12-27/h3-22H/b42-41-. The SMILES string of the molecule is [C-]#[N+]/C(C#N)=C1/c2cc(C#N)c(-c3ccc(-c4ccc(F)cc4)cc3)cc2-c2cc(-c3ccc(-c4ccc(F)cc4)cc3)c([N+]#[C-])cc21. The molecule has 6 heteroatoms. The van der Waals surface area contributed by atoms with Crippen LogP contribution in [0.25, 0.3) is 70.9 Å². The maximum absolute atomic E-state index is 13.5. The molecule has 0 amide bonds. The highest BCUT2D eigenvalue weighted by Crippen LogP contribution is 2.51. The van der Waals surface area contributed by atoms with E-state index in [4.69, 9.17) is 13.1 Å². The lowest BCUT2D eigenvalue weighted by molar-refractivity contribution is 0.627. The number of allylic oxidation sites excluding steroid dienone is 1. The Kier molecular flexibility index (Phi) is 7.40. The van der Waals surface area contributed by atoms with Gasteiger partial charge in [0.25, 0.3) is 5.70 Å². The average Bonchev–Trinajstić information content (AvgIpc) is 3.43. The third-order valence-corrected chi connectivity index (χ3v) is 8.56. The minimum atomic E-state index is -0.313. The van der Waals surface area contributed by atoms with Crippen LogP contribution < -0.4 is 0 Å². The van der Waals surface area contributed by atoms with Crippen LogP contribution in [0.2, 0.25) is 0 Å². The number of benzene rings is 6. The minimum Gasteiger partial charge on any atom is -0.237 e. The van der Waals surface area contributed by atoms with E-state index in [1.165, 1.54) is 24.3 Å². The van der Waals surface area contributed by atoms with Crippen molar-refractivity contribution in [2.45, 2.75) is 0 Å². The van der Waals surface area contributed by atoms with Gasteiger partial charge in [-0.05, 0) is 104 Å². The molecular formula is C42H20F2N4. The second-order valence-corrected chi connectivity index (χ2v) is 11.2. The molecule has 4 nitrogen and oxygen atoms in total. The van der Waals surface area contributed by atoms with E-state index < -0.39 is 0 Å². The van der Waals surface area contributed by atoms with Gasteiger partial charge in [-0.1, -0.05) is 78.9 Å². The number of hydrogen-bond acceptors (Lipinski definition) is 2. The minimum absolute atomic E-state index is 0.123. The Labute approximate surface area is 276 Å². The Morgan fingerprint density at radius 3 is 1.35 bits per heavy atom. The second-order valence-electron chi connectivity index (χ2n) is 11.2. The molecule has 0 N–H and O–H groups in total. The predicted octanol–water partition coefficient (Wildman–Crippen LogP) is 11.2. The zero-order valence-corrected chi connectivity index (χ0v) is 25.1. The monoisotopic (exact) mass is 618 g/mol. The van der Waals surface area contributed by atoms with Crippen LogP contribution in [0.4, 0.5) is 14.5 Å². The molecule has 0 saturated heterocycles. The summed E-state index contributed by atoms with van der Waals surface area (Å²) in [7, 11) is 0. The van der Waals surface area contributed by atoms with Crippen molar-refractivity contribution in [3.05, 3.63) is 178 Å². The zero-order valence-electron chi connectivity index (χ0n) is 25.1. The van der Waals surface area contributed by atoms with E-state index in [0.717, 1.165) is 44.5 Å².